The van der Waals surface area contributed by atoms with Gasteiger partial charge in [-0.15, -0.1) is 0 Å². The van der Waals surface area contributed by atoms with Gasteiger partial charge in [-0.3, -0.25) is 4.79 Å². The number of nitrogens with zero attached hydrogens (tertiary/aromatic N) is 1. The Balaban J connectivity index is 3.40. The molecule has 0 radical (unpaired) electrons. The summed E-state index contributed by atoms with van der Waals surface area (Å²) in [6, 6.07) is 2.80. The molecule has 1 aromatic rings. The smallest absolute Gasteiger partial charge is 0.254 e. The third kappa shape index (κ3) is 3.57. The number of hydrogen-bond acceptors (Lipinski definition) is 4. The molecular formula is C12H18BrN3O3S. The molecule has 1 atom stereocenters. The van der Waals surface area contributed by atoms with Gasteiger partial charge in [0.15, 0.2) is 0 Å². The van der Waals surface area contributed by atoms with Crippen molar-refractivity contribution in [2.24, 2.45) is 10.9 Å². The number of likely N-dealkylation sites (N-methyl/N-ethyl adjacent to an activating group) is 1. The van der Waals surface area contributed by atoms with Gasteiger partial charge in [0.2, 0.25) is 10.0 Å². The summed E-state index contributed by atoms with van der Waals surface area (Å²) in [6.07, 6.45) is 0. The van der Waals surface area contributed by atoms with Gasteiger partial charge >= 0.3 is 0 Å². The van der Waals surface area contributed by atoms with Crippen LogP contribution in [0, 0.1) is 6.92 Å². The van der Waals surface area contributed by atoms with E-state index in [0.717, 1.165) is 0 Å². The van der Waals surface area contributed by atoms with Crippen LogP contribution in [0.2, 0.25) is 0 Å². The maximum Gasteiger partial charge on any atom is 0.254 e. The summed E-state index contributed by atoms with van der Waals surface area (Å²) in [4.78, 5) is 13.8. The van der Waals surface area contributed by atoms with Gasteiger partial charge in [0.25, 0.3) is 5.91 Å². The number of carbonyl (C=O) groups excluding carboxylic acids is 1. The van der Waals surface area contributed by atoms with Gasteiger partial charge in [-0.05, 0) is 31.5 Å². The molecule has 0 spiro atoms. The fraction of sp³-hybridized carbons (Fsp3) is 0.417. The number of sulfonamides is 1. The predicted octanol–water partition coefficient (Wildman–Crippen LogP) is 0.824. The normalized spacial score (nSPS) is 13.1. The third-order valence-electron chi connectivity index (χ3n) is 3.18. The van der Waals surface area contributed by atoms with E-state index in [0.29, 0.717) is 16.6 Å². The minimum atomic E-state index is -3.89. The minimum Gasteiger partial charge on any atom is -0.338 e. The molecule has 0 bridgehead atoms. The van der Waals surface area contributed by atoms with E-state index in [4.69, 9.17) is 10.9 Å². The van der Waals surface area contributed by atoms with Crippen LogP contribution in [0.3, 0.4) is 0 Å². The average Bonchev–Trinajstić information content (AvgIpc) is 2.37. The number of rotatable bonds is 4. The number of carbonyl (C=O) groups is 1. The summed E-state index contributed by atoms with van der Waals surface area (Å²) in [5, 5.41) is 5.16. The molecule has 112 valence electrons. The molecule has 0 aliphatic carbocycles. The van der Waals surface area contributed by atoms with Crippen LogP contribution in [0.25, 0.3) is 0 Å². The molecule has 1 unspecified atom stereocenters. The van der Waals surface area contributed by atoms with E-state index in [9.17, 15) is 13.2 Å². The number of halogens is 1. The second-order valence-corrected chi connectivity index (χ2v) is 7.07. The van der Waals surface area contributed by atoms with Crippen LogP contribution < -0.4 is 10.9 Å². The van der Waals surface area contributed by atoms with Crippen LogP contribution in [0.1, 0.15) is 22.8 Å². The van der Waals surface area contributed by atoms with Crippen LogP contribution >= 0.6 is 15.9 Å². The Kier molecular flexibility index (Phi) is 5.31. The fourth-order valence-corrected chi connectivity index (χ4v) is 3.16. The summed E-state index contributed by atoms with van der Waals surface area (Å²) in [5.74, 6) is -0.299. The standard InChI is InChI=1S/C12H18BrN3O3S/c1-7(6-14)16(3)12(17)10-4-9(13)5-11(8(10)2)20(15,18)19/h4-5,7H,6,14H2,1-3H3,(H2,15,18,19). The second-order valence-electron chi connectivity index (χ2n) is 4.62. The second kappa shape index (κ2) is 6.21. The van der Waals surface area contributed by atoms with Gasteiger partial charge in [0.05, 0.1) is 4.90 Å². The van der Waals surface area contributed by atoms with Crippen molar-refractivity contribution >= 4 is 31.9 Å². The first-order chi connectivity index (χ1) is 9.09. The van der Waals surface area contributed by atoms with Gasteiger partial charge in [-0.2, -0.15) is 0 Å². The topological polar surface area (TPSA) is 106 Å². The van der Waals surface area contributed by atoms with Crippen molar-refractivity contribution in [3.63, 3.8) is 0 Å². The van der Waals surface area contributed by atoms with Crippen LogP contribution in [0.15, 0.2) is 21.5 Å². The summed E-state index contributed by atoms with van der Waals surface area (Å²) >= 11 is 3.20. The van der Waals surface area contributed by atoms with Crippen LogP contribution in [0.5, 0.6) is 0 Å². The molecule has 0 aliphatic rings. The maximum atomic E-state index is 12.4. The Morgan fingerprint density at radius 2 is 2.00 bits per heavy atom. The van der Waals surface area contributed by atoms with Crippen LogP contribution in [-0.2, 0) is 10.0 Å². The number of primary sulfonamides is 1. The maximum absolute atomic E-state index is 12.4. The van der Waals surface area contributed by atoms with Crippen molar-refractivity contribution in [1.82, 2.24) is 4.90 Å². The van der Waals surface area contributed by atoms with E-state index in [1.807, 2.05) is 6.92 Å². The van der Waals surface area contributed by atoms with E-state index in [1.54, 1.807) is 20.0 Å². The van der Waals surface area contributed by atoms with E-state index >= 15 is 0 Å². The molecule has 1 amide bonds. The Morgan fingerprint density at radius 3 is 2.45 bits per heavy atom. The zero-order chi connectivity index (χ0) is 15.7. The van der Waals surface area contributed by atoms with Gasteiger partial charge < -0.3 is 10.6 Å². The van der Waals surface area contributed by atoms with Crippen LogP contribution in [0.4, 0.5) is 0 Å². The van der Waals surface area contributed by atoms with Crippen molar-refractivity contribution in [2.75, 3.05) is 13.6 Å². The number of amides is 1. The molecular weight excluding hydrogens is 346 g/mol. The zero-order valence-corrected chi connectivity index (χ0v) is 14.0. The SMILES string of the molecule is Cc1c(C(=O)N(C)C(C)CN)cc(Br)cc1S(N)(=O)=O. The molecule has 0 aliphatic heterocycles. The van der Waals surface area contributed by atoms with Crippen molar-refractivity contribution in [1.29, 1.82) is 0 Å². The lowest BCUT2D eigenvalue weighted by Gasteiger charge is -2.25. The fourth-order valence-electron chi connectivity index (χ4n) is 1.72. The van der Waals surface area contributed by atoms with Crippen molar-refractivity contribution in [3.8, 4) is 0 Å². The summed E-state index contributed by atoms with van der Waals surface area (Å²) < 4.78 is 23.6. The highest BCUT2D eigenvalue weighted by Gasteiger charge is 2.23. The Labute approximate surface area is 127 Å². The molecule has 20 heavy (non-hydrogen) atoms. The third-order valence-corrected chi connectivity index (χ3v) is 4.68. The highest BCUT2D eigenvalue weighted by molar-refractivity contribution is 9.10. The Hall–Kier alpha value is -0.960. The van der Waals surface area contributed by atoms with Gasteiger partial charge in [-0.25, -0.2) is 13.6 Å². The lowest BCUT2D eigenvalue weighted by atomic mass is 10.1. The number of hydrogen-bond donors (Lipinski definition) is 2. The molecule has 1 rings (SSSR count). The van der Waals surface area contributed by atoms with Crippen molar-refractivity contribution < 1.29 is 13.2 Å². The molecule has 6 nitrogen and oxygen atoms in total. The summed E-state index contributed by atoms with van der Waals surface area (Å²) in [5.41, 5.74) is 6.15. The van der Waals surface area contributed by atoms with Crippen molar-refractivity contribution in [3.05, 3.63) is 27.7 Å². The summed E-state index contributed by atoms with van der Waals surface area (Å²) in [7, 11) is -2.27. The summed E-state index contributed by atoms with van der Waals surface area (Å²) in [6.45, 7) is 3.68. The molecule has 0 saturated carbocycles. The first-order valence-electron chi connectivity index (χ1n) is 5.89. The van der Waals surface area contributed by atoms with E-state index in [2.05, 4.69) is 15.9 Å². The average molecular weight is 364 g/mol. The van der Waals surface area contributed by atoms with Crippen molar-refractivity contribution in [2.45, 2.75) is 24.8 Å². The van der Waals surface area contributed by atoms with Gasteiger partial charge in [0, 0.05) is 29.7 Å². The number of nitrogens with two attached hydrogens (primary N) is 2. The van der Waals surface area contributed by atoms with Crippen LogP contribution in [-0.4, -0.2) is 38.9 Å². The minimum absolute atomic E-state index is 0.0657. The highest BCUT2D eigenvalue weighted by atomic mass is 79.9. The number of benzene rings is 1. The zero-order valence-electron chi connectivity index (χ0n) is 11.6. The van der Waals surface area contributed by atoms with E-state index in [1.165, 1.54) is 11.0 Å². The largest absolute Gasteiger partial charge is 0.338 e. The first-order valence-corrected chi connectivity index (χ1v) is 8.23. The molecule has 0 fully saturated rings. The molecule has 0 heterocycles. The molecule has 0 saturated heterocycles. The predicted molar refractivity (Wildman–Crippen MR) is 80.9 cm³/mol. The van der Waals surface area contributed by atoms with E-state index in [-0.39, 0.29) is 22.4 Å². The van der Waals surface area contributed by atoms with E-state index < -0.39 is 10.0 Å². The van der Waals surface area contributed by atoms with Gasteiger partial charge in [0.1, 0.15) is 0 Å². The van der Waals surface area contributed by atoms with Gasteiger partial charge in [-0.1, -0.05) is 15.9 Å². The first kappa shape index (κ1) is 17.1. The lowest BCUT2D eigenvalue weighted by molar-refractivity contribution is 0.0747. The molecule has 0 aromatic heterocycles. The quantitative estimate of drug-likeness (QED) is 0.825. The lowest BCUT2D eigenvalue weighted by Crippen LogP contribution is -2.40. The Morgan fingerprint density at radius 1 is 1.45 bits per heavy atom. The monoisotopic (exact) mass is 363 g/mol. The molecule has 1 aromatic carbocycles. The molecule has 8 heteroatoms. The highest BCUT2D eigenvalue weighted by Crippen LogP contribution is 2.25. The molecule has 4 N–H and O–H groups in total. The Bertz CT molecular complexity index is 631.